The van der Waals surface area contributed by atoms with Crippen LogP contribution >= 0.6 is 11.6 Å². The summed E-state index contributed by atoms with van der Waals surface area (Å²) in [7, 11) is 1.87. The number of nitrogens with two attached hydrogens (primary N) is 1. The van der Waals surface area contributed by atoms with Crippen LogP contribution in [-0.4, -0.2) is 22.0 Å². The van der Waals surface area contributed by atoms with Crippen LogP contribution in [0.15, 0.2) is 30.3 Å². The van der Waals surface area contributed by atoms with Gasteiger partial charge in [0.15, 0.2) is 0 Å². The summed E-state index contributed by atoms with van der Waals surface area (Å²) in [5.41, 5.74) is 9.16. The van der Waals surface area contributed by atoms with Crippen LogP contribution in [0.3, 0.4) is 0 Å². The first kappa shape index (κ1) is 11.8. The van der Waals surface area contributed by atoms with Crippen molar-refractivity contribution in [2.24, 2.45) is 0 Å². The van der Waals surface area contributed by atoms with Gasteiger partial charge in [0, 0.05) is 24.5 Å². The third-order valence-corrected chi connectivity index (χ3v) is 3.06. The van der Waals surface area contributed by atoms with E-state index < -0.39 is 0 Å². The Morgan fingerprint density at radius 3 is 2.68 bits per heavy atom. The van der Waals surface area contributed by atoms with Gasteiger partial charge in [-0.1, -0.05) is 11.6 Å². The summed E-state index contributed by atoms with van der Waals surface area (Å²) in [6.07, 6.45) is 0. The molecular formula is C13H11ClN5. The lowest BCUT2D eigenvalue weighted by atomic mass is 10.3. The van der Waals surface area contributed by atoms with Gasteiger partial charge in [-0.25, -0.2) is 0 Å². The average Bonchev–Trinajstić information content (AvgIpc) is 2.83. The molecular weight excluding hydrogens is 262 g/mol. The molecule has 0 bridgehead atoms. The minimum atomic E-state index is 0.454. The van der Waals surface area contributed by atoms with E-state index in [4.69, 9.17) is 17.3 Å². The Kier molecular flexibility index (Phi) is 2.76. The summed E-state index contributed by atoms with van der Waals surface area (Å²) in [5.74, 6) is 0. The van der Waals surface area contributed by atoms with Gasteiger partial charge in [-0.2, -0.15) is 4.80 Å². The number of benzene rings is 2. The van der Waals surface area contributed by atoms with Gasteiger partial charge in [0.1, 0.15) is 11.0 Å². The quantitative estimate of drug-likeness (QED) is 0.703. The monoisotopic (exact) mass is 272 g/mol. The van der Waals surface area contributed by atoms with Crippen molar-refractivity contribution in [3.8, 4) is 5.69 Å². The largest absolute Gasteiger partial charge is 0.398 e. The minimum absolute atomic E-state index is 0.454. The molecule has 1 heterocycles. The normalized spacial score (nSPS) is 10.8. The summed E-state index contributed by atoms with van der Waals surface area (Å²) in [6.45, 7) is 0. The molecule has 0 saturated carbocycles. The Balaban J connectivity index is 2.12. The van der Waals surface area contributed by atoms with Gasteiger partial charge >= 0.3 is 0 Å². The molecule has 0 fully saturated rings. The fourth-order valence-corrected chi connectivity index (χ4v) is 2.05. The van der Waals surface area contributed by atoms with E-state index in [1.54, 1.807) is 6.07 Å². The Labute approximate surface area is 115 Å². The van der Waals surface area contributed by atoms with Gasteiger partial charge in [0.05, 0.1) is 10.7 Å². The zero-order valence-electron chi connectivity index (χ0n) is 10.2. The van der Waals surface area contributed by atoms with E-state index in [9.17, 15) is 0 Å². The second-order valence-electron chi connectivity index (χ2n) is 4.06. The highest BCUT2D eigenvalue weighted by Gasteiger charge is 2.09. The number of aromatic nitrogens is 3. The molecule has 3 aromatic rings. The van der Waals surface area contributed by atoms with Crippen molar-refractivity contribution in [2.75, 3.05) is 18.1 Å². The number of halogens is 1. The lowest BCUT2D eigenvalue weighted by Gasteiger charge is -2.01. The van der Waals surface area contributed by atoms with Crippen LogP contribution in [0.1, 0.15) is 0 Å². The molecule has 0 aliphatic rings. The number of hydrogen-bond donors (Lipinski definition) is 2. The third kappa shape index (κ3) is 2.08. The highest BCUT2D eigenvalue weighted by Crippen LogP contribution is 2.24. The number of nitrogens with zero attached hydrogens (tertiary/aromatic N) is 3. The van der Waals surface area contributed by atoms with Crippen molar-refractivity contribution in [3.63, 3.8) is 0 Å². The molecule has 1 radical (unpaired) electrons. The molecule has 1 aromatic heterocycles. The summed E-state index contributed by atoms with van der Waals surface area (Å²) in [6, 6.07) is 12.3. The molecule has 0 aliphatic heterocycles. The first-order valence-electron chi connectivity index (χ1n) is 5.70. The summed E-state index contributed by atoms with van der Waals surface area (Å²) in [5, 5.41) is 12.2. The van der Waals surface area contributed by atoms with Crippen LogP contribution in [0.2, 0.25) is 5.02 Å². The molecule has 0 amide bonds. The molecule has 6 heteroatoms. The van der Waals surface area contributed by atoms with Crippen LogP contribution in [0.25, 0.3) is 16.7 Å². The second-order valence-corrected chi connectivity index (χ2v) is 4.46. The van der Waals surface area contributed by atoms with Gasteiger partial charge < -0.3 is 11.1 Å². The highest BCUT2D eigenvalue weighted by molar-refractivity contribution is 6.35. The Morgan fingerprint density at radius 2 is 2.00 bits per heavy atom. The van der Waals surface area contributed by atoms with E-state index >= 15 is 0 Å². The lowest BCUT2D eigenvalue weighted by Crippen LogP contribution is -1.98. The average molecular weight is 273 g/mol. The summed E-state index contributed by atoms with van der Waals surface area (Å²) >= 11 is 6.08. The number of hydrogen-bond acceptors (Lipinski definition) is 4. The predicted octanol–water partition coefficient (Wildman–Crippen LogP) is 2.50. The molecule has 3 N–H and O–H groups in total. The van der Waals surface area contributed by atoms with Gasteiger partial charge in [0.25, 0.3) is 0 Å². The van der Waals surface area contributed by atoms with E-state index in [0.717, 1.165) is 11.4 Å². The van der Waals surface area contributed by atoms with Gasteiger partial charge in [0.2, 0.25) is 0 Å². The van der Waals surface area contributed by atoms with E-state index in [1.165, 1.54) is 4.80 Å². The Morgan fingerprint density at radius 1 is 1.26 bits per heavy atom. The number of nitrogen functional groups attached to an aromatic ring is 1. The molecule has 2 aromatic carbocycles. The van der Waals surface area contributed by atoms with E-state index in [-0.39, 0.29) is 0 Å². The van der Waals surface area contributed by atoms with Crippen LogP contribution in [0, 0.1) is 6.07 Å². The molecule has 95 valence electrons. The molecule has 5 nitrogen and oxygen atoms in total. The fourth-order valence-electron chi connectivity index (χ4n) is 1.81. The van der Waals surface area contributed by atoms with Gasteiger partial charge in [-0.05, 0) is 30.3 Å². The van der Waals surface area contributed by atoms with Crippen molar-refractivity contribution >= 4 is 34.0 Å². The topological polar surface area (TPSA) is 68.8 Å². The van der Waals surface area contributed by atoms with Crippen molar-refractivity contribution in [1.82, 2.24) is 15.0 Å². The zero-order valence-corrected chi connectivity index (χ0v) is 10.9. The Bertz CT molecular complexity index is 733. The van der Waals surface area contributed by atoms with E-state index in [0.29, 0.717) is 21.7 Å². The first-order valence-corrected chi connectivity index (χ1v) is 6.08. The molecule has 0 aliphatic carbocycles. The maximum atomic E-state index is 6.08. The lowest BCUT2D eigenvalue weighted by molar-refractivity contribution is 0.766. The molecule has 0 saturated heterocycles. The van der Waals surface area contributed by atoms with Crippen molar-refractivity contribution < 1.29 is 0 Å². The van der Waals surface area contributed by atoms with Crippen LogP contribution in [0.5, 0.6) is 0 Å². The van der Waals surface area contributed by atoms with E-state index in [1.807, 2.05) is 31.3 Å². The third-order valence-electron chi connectivity index (χ3n) is 2.77. The van der Waals surface area contributed by atoms with Crippen molar-refractivity contribution in [1.29, 1.82) is 0 Å². The standard InChI is InChI=1S/C13H11ClN5/c1-16-9-2-4-10(5-3-9)19-17-12-7-8(15)6-11(14)13(12)18-19/h2-6,16H,15H2,1H3. The fraction of sp³-hybridized carbons (Fsp3) is 0.0769. The van der Waals surface area contributed by atoms with Crippen molar-refractivity contribution in [2.45, 2.75) is 0 Å². The van der Waals surface area contributed by atoms with Gasteiger partial charge in [-0.15, -0.1) is 10.2 Å². The number of anilines is 2. The first-order chi connectivity index (χ1) is 9.17. The molecule has 0 unspecified atom stereocenters. The maximum Gasteiger partial charge on any atom is 0.133 e. The predicted molar refractivity (Wildman–Crippen MR) is 76.7 cm³/mol. The molecule has 19 heavy (non-hydrogen) atoms. The van der Waals surface area contributed by atoms with E-state index in [2.05, 4.69) is 21.6 Å². The van der Waals surface area contributed by atoms with Gasteiger partial charge in [-0.3, -0.25) is 0 Å². The van der Waals surface area contributed by atoms with Crippen molar-refractivity contribution in [3.05, 3.63) is 41.4 Å². The Hall–Kier alpha value is -2.27. The second kappa shape index (κ2) is 4.44. The van der Waals surface area contributed by atoms with Crippen LogP contribution in [-0.2, 0) is 0 Å². The number of rotatable bonds is 2. The van der Waals surface area contributed by atoms with Crippen LogP contribution < -0.4 is 11.1 Å². The number of fused-ring (bicyclic) bond motifs is 1. The van der Waals surface area contributed by atoms with Crippen LogP contribution in [0.4, 0.5) is 11.4 Å². The number of nitrogens with one attached hydrogen (secondary N) is 1. The molecule has 0 spiro atoms. The SMILES string of the molecule is CNc1ccc(-n2nc3[c]c(N)cc(Cl)c3n2)cc1. The smallest absolute Gasteiger partial charge is 0.133 e. The maximum absolute atomic E-state index is 6.08. The highest BCUT2D eigenvalue weighted by atomic mass is 35.5. The summed E-state index contributed by atoms with van der Waals surface area (Å²) < 4.78 is 0. The minimum Gasteiger partial charge on any atom is -0.398 e. The zero-order chi connectivity index (χ0) is 13.4. The molecule has 3 rings (SSSR count). The summed E-state index contributed by atoms with van der Waals surface area (Å²) in [4.78, 5) is 1.52. The molecule has 0 atom stereocenters.